The van der Waals surface area contributed by atoms with Crippen LogP contribution in [0.2, 0.25) is 10.0 Å². The molecule has 4 nitrogen and oxygen atoms in total. The molecule has 0 saturated carbocycles. The normalized spacial score (nSPS) is 21.3. The maximum Gasteiger partial charge on any atom is 0.228 e. The van der Waals surface area contributed by atoms with E-state index >= 15 is 0 Å². The second-order valence-corrected chi connectivity index (χ2v) is 7.70. The Bertz CT molecular complexity index is 605. The van der Waals surface area contributed by atoms with E-state index in [9.17, 15) is 13.2 Å². The molecule has 1 amide bonds. The van der Waals surface area contributed by atoms with E-state index in [1.807, 2.05) is 0 Å². The number of anilines is 1. The lowest BCUT2D eigenvalue weighted by Gasteiger charge is -2.11. The fourth-order valence-electron chi connectivity index (χ4n) is 1.96. The fraction of sp³-hybridized carbons (Fsp3) is 0.417. The van der Waals surface area contributed by atoms with Gasteiger partial charge in [-0.3, -0.25) is 4.79 Å². The van der Waals surface area contributed by atoms with Crippen LogP contribution < -0.4 is 5.32 Å². The summed E-state index contributed by atoms with van der Waals surface area (Å²) in [6.07, 6.45) is 0.363. The van der Waals surface area contributed by atoms with Gasteiger partial charge in [0.1, 0.15) is 0 Å². The Morgan fingerprint density at radius 3 is 2.37 bits per heavy atom. The molecular weight excluding hydrogens is 309 g/mol. The van der Waals surface area contributed by atoms with Crippen LogP contribution in [0.15, 0.2) is 12.1 Å². The number of amides is 1. The summed E-state index contributed by atoms with van der Waals surface area (Å²) in [7, 11) is -3.07. The molecular formula is C12H13Cl2NO3S. The van der Waals surface area contributed by atoms with Crippen LogP contribution in [-0.2, 0) is 14.6 Å². The van der Waals surface area contributed by atoms with Crippen molar-refractivity contribution in [2.24, 2.45) is 5.92 Å². The first-order valence-corrected chi connectivity index (χ1v) is 8.33. The minimum atomic E-state index is -3.07. The van der Waals surface area contributed by atoms with Crippen LogP contribution in [0.25, 0.3) is 0 Å². The van der Waals surface area contributed by atoms with E-state index in [-0.39, 0.29) is 17.4 Å². The van der Waals surface area contributed by atoms with Crippen LogP contribution in [0.3, 0.4) is 0 Å². The van der Waals surface area contributed by atoms with Crippen molar-refractivity contribution < 1.29 is 13.2 Å². The van der Waals surface area contributed by atoms with Gasteiger partial charge in [-0.2, -0.15) is 0 Å². The molecule has 1 aliphatic rings. The summed E-state index contributed by atoms with van der Waals surface area (Å²) in [4.78, 5) is 11.9. The number of carbonyl (C=O) groups excluding carboxylic acids is 1. The molecule has 0 bridgehead atoms. The Kier molecular flexibility index (Phi) is 4.08. The van der Waals surface area contributed by atoms with Crippen LogP contribution in [0.1, 0.15) is 12.0 Å². The number of nitrogens with one attached hydrogen (secondary N) is 1. The number of benzene rings is 1. The minimum Gasteiger partial charge on any atom is -0.326 e. The van der Waals surface area contributed by atoms with Gasteiger partial charge in [0.05, 0.1) is 17.4 Å². The first-order valence-electron chi connectivity index (χ1n) is 5.75. The maximum absolute atomic E-state index is 11.9. The summed E-state index contributed by atoms with van der Waals surface area (Å²) in [5.74, 6) is -0.826. The quantitative estimate of drug-likeness (QED) is 0.910. The van der Waals surface area contributed by atoms with E-state index in [4.69, 9.17) is 23.2 Å². The number of carbonyl (C=O) groups is 1. The smallest absolute Gasteiger partial charge is 0.228 e. The molecule has 2 rings (SSSR count). The third-order valence-corrected chi connectivity index (χ3v) is 5.70. The van der Waals surface area contributed by atoms with Gasteiger partial charge in [0.15, 0.2) is 9.84 Å². The van der Waals surface area contributed by atoms with Gasteiger partial charge in [-0.05, 0) is 31.0 Å². The highest BCUT2D eigenvalue weighted by Crippen LogP contribution is 2.29. The van der Waals surface area contributed by atoms with Crippen molar-refractivity contribution >= 4 is 44.6 Å². The molecule has 1 aromatic carbocycles. The summed E-state index contributed by atoms with van der Waals surface area (Å²) in [6, 6.07) is 3.20. The van der Waals surface area contributed by atoms with Gasteiger partial charge in [-0.25, -0.2) is 8.42 Å². The number of hydrogen-bond donors (Lipinski definition) is 1. The van der Waals surface area contributed by atoms with Crippen molar-refractivity contribution in [3.8, 4) is 0 Å². The van der Waals surface area contributed by atoms with Gasteiger partial charge < -0.3 is 5.32 Å². The van der Waals surface area contributed by atoms with Crippen molar-refractivity contribution in [3.63, 3.8) is 0 Å². The van der Waals surface area contributed by atoms with Crippen molar-refractivity contribution in [2.75, 3.05) is 16.8 Å². The molecule has 1 atom stereocenters. The zero-order valence-electron chi connectivity index (χ0n) is 10.2. The molecule has 1 fully saturated rings. The molecule has 104 valence electrons. The molecule has 0 radical (unpaired) electrons. The number of sulfone groups is 1. The van der Waals surface area contributed by atoms with Gasteiger partial charge in [-0.15, -0.1) is 0 Å². The Hall–Kier alpha value is -0.780. The van der Waals surface area contributed by atoms with Crippen molar-refractivity contribution in [1.82, 2.24) is 0 Å². The second kappa shape index (κ2) is 5.31. The van der Waals surface area contributed by atoms with E-state index in [1.54, 1.807) is 19.1 Å². The summed E-state index contributed by atoms with van der Waals surface area (Å²) in [6.45, 7) is 1.78. The summed E-state index contributed by atoms with van der Waals surface area (Å²) >= 11 is 12.0. The van der Waals surface area contributed by atoms with E-state index in [1.165, 1.54) is 0 Å². The van der Waals surface area contributed by atoms with Gasteiger partial charge in [0, 0.05) is 15.7 Å². The van der Waals surface area contributed by atoms with Crippen LogP contribution in [-0.4, -0.2) is 25.8 Å². The molecule has 0 aliphatic carbocycles. The topological polar surface area (TPSA) is 63.2 Å². The Morgan fingerprint density at radius 1 is 1.32 bits per heavy atom. The van der Waals surface area contributed by atoms with E-state index < -0.39 is 15.8 Å². The van der Waals surface area contributed by atoms with Crippen molar-refractivity contribution in [3.05, 3.63) is 27.7 Å². The average Bonchev–Trinajstić information content (AvgIpc) is 2.66. The summed E-state index contributed by atoms with van der Waals surface area (Å²) in [5, 5.41) is 3.58. The first-order chi connectivity index (χ1) is 8.78. The zero-order chi connectivity index (χ0) is 14.2. The second-order valence-electron chi connectivity index (χ2n) is 4.65. The van der Waals surface area contributed by atoms with E-state index in [0.717, 1.165) is 5.56 Å². The van der Waals surface area contributed by atoms with Crippen LogP contribution in [0, 0.1) is 12.8 Å². The molecule has 1 heterocycles. The highest BCUT2D eigenvalue weighted by Gasteiger charge is 2.32. The van der Waals surface area contributed by atoms with Gasteiger partial charge in [-0.1, -0.05) is 23.2 Å². The number of rotatable bonds is 2. The highest BCUT2D eigenvalue weighted by atomic mass is 35.5. The van der Waals surface area contributed by atoms with Gasteiger partial charge in [0.2, 0.25) is 5.91 Å². The highest BCUT2D eigenvalue weighted by molar-refractivity contribution is 7.91. The lowest BCUT2D eigenvalue weighted by molar-refractivity contribution is -0.119. The first kappa shape index (κ1) is 14.6. The predicted molar refractivity (Wildman–Crippen MR) is 76.6 cm³/mol. The number of halogens is 2. The maximum atomic E-state index is 11.9. The zero-order valence-corrected chi connectivity index (χ0v) is 12.6. The Labute approximate surface area is 122 Å². The van der Waals surface area contributed by atoms with Crippen LogP contribution >= 0.6 is 23.2 Å². The molecule has 0 aromatic heterocycles. The Morgan fingerprint density at radius 2 is 1.89 bits per heavy atom. The monoisotopic (exact) mass is 321 g/mol. The lowest BCUT2D eigenvalue weighted by Crippen LogP contribution is -2.23. The standard InChI is InChI=1S/C12H13Cl2NO3S/c1-7-10(13)4-9(5-11(7)14)15-12(16)8-2-3-19(17,18)6-8/h4-5,8H,2-3,6H2,1H3,(H,15,16). The minimum absolute atomic E-state index is 0.0699. The molecule has 1 saturated heterocycles. The SMILES string of the molecule is Cc1c(Cl)cc(NC(=O)C2CCS(=O)(=O)C2)cc1Cl. The average molecular weight is 322 g/mol. The summed E-state index contributed by atoms with van der Waals surface area (Å²) in [5.41, 5.74) is 1.22. The molecule has 1 aliphatic heterocycles. The molecule has 7 heteroatoms. The van der Waals surface area contributed by atoms with Crippen LogP contribution in [0.5, 0.6) is 0 Å². The van der Waals surface area contributed by atoms with Crippen molar-refractivity contribution in [2.45, 2.75) is 13.3 Å². The van der Waals surface area contributed by atoms with Gasteiger partial charge in [0.25, 0.3) is 0 Å². The third-order valence-electron chi connectivity index (χ3n) is 3.15. The molecule has 1 unspecified atom stereocenters. The molecule has 0 spiro atoms. The van der Waals surface area contributed by atoms with E-state index in [0.29, 0.717) is 22.2 Å². The predicted octanol–water partition coefficient (Wildman–Crippen LogP) is 2.68. The largest absolute Gasteiger partial charge is 0.326 e. The number of hydrogen-bond acceptors (Lipinski definition) is 3. The third kappa shape index (κ3) is 3.41. The molecule has 1 aromatic rings. The van der Waals surface area contributed by atoms with Crippen molar-refractivity contribution in [1.29, 1.82) is 0 Å². The Balaban J connectivity index is 2.12. The fourth-order valence-corrected chi connectivity index (χ4v) is 4.19. The van der Waals surface area contributed by atoms with E-state index in [2.05, 4.69) is 5.32 Å². The summed E-state index contributed by atoms with van der Waals surface area (Å²) < 4.78 is 22.7. The van der Waals surface area contributed by atoms with Gasteiger partial charge >= 0.3 is 0 Å². The molecule has 19 heavy (non-hydrogen) atoms. The lowest BCUT2D eigenvalue weighted by atomic mass is 10.1. The van der Waals surface area contributed by atoms with Crippen LogP contribution in [0.4, 0.5) is 5.69 Å². The molecule has 1 N–H and O–H groups in total.